The molecule has 0 aliphatic rings. The van der Waals surface area contributed by atoms with Gasteiger partial charge in [-0.3, -0.25) is 4.98 Å². The zero-order chi connectivity index (χ0) is 29.8. The SMILES string of the molecule is CN(C)c1ccc(-c2cccc(C(CNc3nc(-c4cnc(N(C)C)nc4)nc4ccccc34)c3ccccc3)n2)cc1. The van der Waals surface area contributed by atoms with Crippen LogP contribution in [0.5, 0.6) is 0 Å². The standard InChI is InChI=1S/C35H34N8/c1-42(2)27-19-17-25(18-20-27)30-15-10-16-32(39-30)29(24-11-6-5-7-12-24)23-36-34-28-13-8-9-14-31(28)40-33(41-34)26-21-37-35(38-22-26)43(3)4/h5-22,29H,23H2,1-4H3,(H,36,40,41). The minimum Gasteiger partial charge on any atom is -0.378 e. The van der Waals surface area contributed by atoms with Crippen molar-refractivity contribution in [3.8, 4) is 22.6 Å². The van der Waals surface area contributed by atoms with Crippen molar-refractivity contribution in [2.45, 2.75) is 5.92 Å². The fraction of sp³-hybridized carbons (Fsp3) is 0.171. The number of pyridine rings is 1. The van der Waals surface area contributed by atoms with Gasteiger partial charge >= 0.3 is 0 Å². The molecule has 214 valence electrons. The van der Waals surface area contributed by atoms with E-state index >= 15 is 0 Å². The number of hydrogen-bond donors (Lipinski definition) is 1. The van der Waals surface area contributed by atoms with Crippen molar-refractivity contribution in [2.24, 2.45) is 0 Å². The molecular formula is C35H34N8. The van der Waals surface area contributed by atoms with Crippen molar-refractivity contribution in [3.63, 3.8) is 0 Å². The Morgan fingerprint density at radius 1 is 0.651 bits per heavy atom. The minimum atomic E-state index is -0.0120. The third-order valence-corrected chi connectivity index (χ3v) is 7.38. The Morgan fingerprint density at radius 3 is 2.09 bits per heavy atom. The summed E-state index contributed by atoms with van der Waals surface area (Å²) < 4.78 is 0. The number of hydrogen-bond acceptors (Lipinski definition) is 8. The molecule has 6 rings (SSSR count). The van der Waals surface area contributed by atoms with Crippen LogP contribution >= 0.6 is 0 Å². The van der Waals surface area contributed by atoms with E-state index in [1.165, 1.54) is 5.56 Å². The Morgan fingerprint density at radius 2 is 1.37 bits per heavy atom. The number of anilines is 3. The predicted octanol–water partition coefficient (Wildman–Crippen LogP) is 6.52. The van der Waals surface area contributed by atoms with Crippen molar-refractivity contribution >= 4 is 28.4 Å². The highest BCUT2D eigenvalue weighted by molar-refractivity contribution is 5.90. The Bertz CT molecular complexity index is 1820. The van der Waals surface area contributed by atoms with E-state index in [0.717, 1.165) is 44.9 Å². The average Bonchev–Trinajstić information content (AvgIpc) is 3.05. The van der Waals surface area contributed by atoms with Crippen molar-refractivity contribution in [1.82, 2.24) is 24.9 Å². The molecule has 0 saturated carbocycles. The molecule has 0 spiro atoms. The quantitative estimate of drug-likeness (QED) is 0.212. The molecule has 1 atom stereocenters. The summed E-state index contributed by atoms with van der Waals surface area (Å²) in [5.74, 6) is 1.96. The summed E-state index contributed by atoms with van der Waals surface area (Å²) in [6.07, 6.45) is 3.53. The van der Waals surface area contributed by atoms with Gasteiger partial charge in [-0.2, -0.15) is 0 Å². The van der Waals surface area contributed by atoms with Crippen LogP contribution in [-0.4, -0.2) is 59.7 Å². The highest BCUT2D eigenvalue weighted by Gasteiger charge is 2.18. The number of fused-ring (bicyclic) bond motifs is 1. The van der Waals surface area contributed by atoms with Crippen LogP contribution in [0.3, 0.4) is 0 Å². The first-order valence-electron chi connectivity index (χ1n) is 14.3. The van der Waals surface area contributed by atoms with Crippen LogP contribution in [-0.2, 0) is 0 Å². The van der Waals surface area contributed by atoms with Gasteiger partial charge in [-0.15, -0.1) is 0 Å². The number of benzene rings is 3. The maximum atomic E-state index is 5.15. The zero-order valence-corrected chi connectivity index (χ0v) is 24.8. The highest BCUT2D eigenvalue weighted by atomic mass is 15.2. The number of aromatic nitrogens is 5. The number of para-hydroxylation sites is 1. The smallest absolute Gasteiger partial charge is 0.224 e. The summed E-state index contributed by atoms with van der Waals surface area (Å²) in [4.78, 5) is 27.8. The molecule has 0 saturated heterocycles. The minimum absolute atomic E-state index is 0.0120. The van der Waals surface area contributed by atoms with Crippen LogP contribution in [0.15, 0.2) is 109 Å². The first-order valence-corrected chi connectivity index (χ1v) is 14.3. The van der Waals surface area contributed by atoms with Gasteiger partial charge in [0.05, 0.1) is 22.5 Å². The number of rotatable bonds is 9. The molecule has 3 aromatic heterocycles. The molecule has 0 aliphatic heterocycles. The van der Waals surface area contributed by atoms with E-state index in [4.69, 9.17) is 15.0 Å². The Balaban J connectivity index is 1.35. The number of nitrogens with one attached hydrogen (secondary N) is 1. The number of nitrogens with zero attached hydrogens (tertiary/aromatic N) is 7. The Kier molecular flexibility index (Phi) is 7.91. The molecule has 0 radical (unpaired) electrons. The van der Waals surface area contributed by atoms with Gasteiger partial charge in [0.25, 0.3) is 0 Å². The van der Waals surface area contributed by atoms with E-state index in [9.17, 15) is 0 Å². The second-order valence-corrected chi connectivity index (χ2v) is 10.8. The molecule has 6 aromatic rings. The molecule has 0 fully saturated rings. The van der Waals surface area contributed by atoms with Gasteiger partial charge in [0, 0.05) is 69.7 Å². The summed E-state index contributed by atoms with van der Waals surface area (Å²) in [6, 6.07) is 33.3. The Labute approximate surface area is 252 Å². The molecule has 1 N–H and O–H groups in total. The third kappa shape index (κ3) is 6.13. The van der Waals surface area contributed by atoms with Gasteiger partial charge in [-0.25, -0.2) is 19.9 Å². The molecule has 43 heavy (non-hydrogen) atoms. The summed E-state index contributed by atoms with van der Waals surface area (Å²) >= 11 is 0. The average molecular weight is 567 g/mol. The van der Waals surface area contributed by atoms with Gasteiger partial charge in [-0.05, 0) is 42.0 Å². The molecule has 3 aromatic carbocycles. The first-order chi connectivity index (χ1) is 21.0. The molecule has 1 unspecified atom stereocenters. The molecule has 3 heterocycles. The van der Waals surface area contributed by atoms with Crippen molar-refractivity contribution in [3.05, 3.63) is 121 Å². The summed E-state index contributed by atoms with van der Waals surface area (Å²) in [5.41, 5.74) is 6.95. The molecule has 8 nitrogen and oxygen atoms in total. The van der Waals surface area contributed by atoms with Crippen molar-refractivity contribution < 1.29 is 0 Å². The molecule has 0 amide bonds. The fourth-order valence-corrected chi connectivity index (χ4v) is 5.02. The topological polar surface area (TPSA) is 83.0 Å². The largest absolute Gasteiger partial charge is 0.378 e. The van der Waals surface area contributed by atoms with E-state index in [1.54, 1.807) is 12.4 Å². The molecule has 0 bridgehead atoms. The van der Waals surface area contributed by atoms with Crippen molar-refractivity contribution in [1.29, 1.82) is 0 Å². The van der Waals surface area contributed by atoms with E-state index in [1.807, 2.05) is 63.4 Å². The Hall–Kier alpha value is -5.37. The highest BCUT2D eigenvalue weighted by Crippen LogP contribution is 2.30. The first kappa shape index (κ1) is 27.8. The van der Waals surface area contributed by atoms with Gasteiger partial charge in [0.1, 0.15) is 5.82 Å². The lowest BCUT2D eigenvalue weighted by atomic mass is 9.94. The molecule has 8 heteroatoms. The summed E-state index contributed by atoms with van der Waals surface area (Å²) in [5, 5.41) is 4.61. The van der Waals surface area contributed by atoms with Gasteiger partial charge in [0.2, 0.25) is 5.95 Å². The third-order valence-electron chi connectivity index (χ3n) is 7.38. The van der Waals surface area contributed by atoms with Gasteiger partial charge in [0.15, 0.2) is 5.82 Å². The van der Waals surface area contributed by atoms with Gasteiger partial charge < -0.3 is 15.1 Å². The van der Waals surface area contributed by atoms with Crippen LogP contribution in [0.2, 0.25) is 0 Å². The lowest BCUT2D eigenvalue weighted by molar-refractivity contribution is 0.815. The van der Waals surface area contributed by atoms with Crippen LogP contribution < -0.4 is 15.1 Å². The van der Waals surface area contributed by atoms with Crippen LogP contribution in [0.25, 0.3) is 33.5 Å². The van der Waals surface area contributed by atoms with E-state index in [-0.39, 0.29) is 5.92 Å². The zero-order valence-electron chi connectivity index (χ0n) is 24.8. The van der Waals surface area contributed by atoms with E-state index in [0.29, 0.717) is 18.3 Å². The van der Waals surface area contributed by atoms with Crippen molar-refractivity contribution in [2.75, 3.05) is 49.9 Å². The molecule has 0 aliphatic carbocycles. The monoisotopic (exact) mass is 566 g/mol. The van der Waals surface area contributed by atoms with E-state index in [2.05, 4.69) is 86.9 Å². The lowest BCUT2D eigenvalue weighted by Gasteiger charge is -2.20. The lowest BCUT2D eigenvalue weighted by Crippen LogP contribution is -2.17. The summed E-state index contributed by atoms with van der Waals surface area (Å²) in [7, 11) is 7.92. The second-order valence-electron chi connectivity index (χ2n) is 10.8. The normalized spacial score (nSPS) is 11.7. The fourth-order valence-electron chi connectivity index (χ4n) is 5.02. The second kappa shape index (κ2) is 12.2. The van der Waals surface area contributed by atoms with E-state index < -0.39 is 0 Å². The predicted molar refractivity (Wildman–Crippen MR) is 176 cm³/mol. The van der Waals surface area contributed by atoms with Crippen LogP contribution in [0.1, 0.15) is 17.2 Å². The van der Waals surface area contributed by atoms with Crippen LogP contribution in [0, 0.1) is 0 Å². The molecular weight excluding hydrogens is 532 g/mol. The summed E-state index contributed by atoms with van der Waals surface area (Å²) in [6.45, 7) is 0.594. The maximum absolute atomic E-state index is 5.15. The van der Waals surface area contributed by atoms with Crippen LogP contribution in [0.4, 0.5) is 17.5 Å². The maximum Gasteiger partial charge on any atom is 0.224 e. The van der Waals surface area contributed by atoms with Gasteiger partial charge in [-0.1, -0.05) is 60.7 Å².